The van der Waals surface area contributed by atoms with Gasteiger partial charge in [-0.25, -0.2) is 4.79 Å². The van der Waals surface area contributed by atoms with Gasteiger partial charge in [-0.3, -0.25) is 14.9 Å². The fourth-order valence-electron chi connectivity index (χ4n) is 5.94. The number of carbonyl (C=O) groups excluding carboxylic acids is 1. The summed E-state index contributed by atoms with van der Waals surface area (Å²) in [4.78, 5) is 14.7. The minimum atomic E-state index is -0.367. The molecule has 4 heterocycles. The van der Waals surface area contributed by atoms with Gasteiger partial charge in [0.05, 0.1) is 5.69 Å². The molecule has 31 heavy (non-hydrogen) atoms. The van der Waals surface area contributed by atoms with E-state index in [-0.39, 0.29) is 6.09 Å². The molecule has 1 saturated carbocycles. The summed E-state index contributed by atoms with van der Waals surface area (Å²) in [6.45, 7) is 2.60. The molecular weight excluding hydrogens is 388 g/mol. The standard InChI is InChI=1S/C25H34N4O2/c1-28-24(15-23(27-28)18-8-4-2-5-9-18)22-16-29-13-12-19(22)14-21(29)17-31-25(30)26-20-10-6-3-7-11-20/h3,6-7,10-11,15,18-19,21-22H,2,4-5,8-9,12-14,16-17H2,1H3,(H,26,30)/t19-,21+,22+/m0/s1. The Bertz CT molecular complexity index is 890. The molecule has 1 aromatic heterocycles. The number of rotatable bonds is 5. The van der Waals surface area contributed by atoms with Gasteiger partial charge < -0.3 is 4.74 Å². The summed E-state index contributed by atoms with van der Waals surface area (Å²) in [5.41, 5.74) is 3.48. The zero-order chi connectivity index (χ0) is 21.2. The summed E-state index contributed by atoms with van der Waals surface area (Å²) < 4.78 is 7.72. The number of ether oxygens (including phenoxy) is 1. The van der Waals surface area contributed by atoms with E-state index in [0.717, 1.165) is 25.2 Å². The molecule has 4 atom stereocenters. The number of piperidine rings is 3. The number of hydrogen-bond donors (Lipinski definition) is 1. The van der Waals surface area contributed by atoms with E-state index in [1.165, 1.54) is 49.9 Å². The summed E-state index contributed by atoms with van der Waals surface area (Å²) in [5.74, 6) is 1.84. The average molecular weight is 423 g/mol. The Kier molecular flexibility index (Phi) is 5.99. The van der Waals surface area contributed by atoms with Crippen molar-refractivity contribution in [3.63, 3.8) is 0 Å². The van der Waals surface area contributed by atoms with Gasteiger partial charge in [-0.05, 0) is 56.3 Å². The third kappa shape index (κ3) is 4.49. The van der Waals surface area contributed by atoms with Crippen molar-refractivity contribution in [2.45, 2.75) is 62.8 Å². The second-order valence-electron chi connectivity index (χ2n) is 9.58. The zero-order valence-corrected chi connectivity index (χ0v) is 18.5. The second-order valence-corrected chi connectivity index (χ2v) is 9.58. The zero-order valence-electron chi connectivity index (χ0n) is 18.5. The van der Waals surface area contributed by atoms with E-state index in [1.807, 2.05) is 30.3 Å². The number of fused-ring (bicyclic) bond motifs is 3. The van der Waals surface area contributed by atoms with Gasteiger partial charge in [0, 0.05) is 42.9 Å². The van der Waals surface area contributed by atoms with Crippen LogP contribution in [0.3, 0.4) is 0 Å². The lowest BCUT2D eigenvalue weighted by Crippen LogP contribution is -2.54. The van der Waals surface area contributed by atoms with E-state index in [2.05, 4.69) is 28.0 Å². The normalized spacial score (nSPS) is 28.4. The maximum absolute atomic E-state index is 12.2. The second kappa shape index (κ2) is 9.03. The molecule has 6 heteroatoms. The number of benzene rings is 1. The van der Waals surface area contributed by atoms with Crippen LogP contribution in [0.15, 0.2) is 36.4 Å². The first kappa shape index (κ1) is 20.6. The van der Waals surface area contributed by atoms with Crippen LogP contribution in [0, 0.1) is 5.92 Å². The Balaban J connectivity index is 1.18. The van der Waals surface area contributed by atoms with Crippen molar-refractivity contribution in [1.82, 2.24) is 14.7 Å². The third-order valence-corrected chi connectivity index (χ3v) is 7.64. The lowest BCUT2D eigenvalue weighted by molar-refractivity contribution is -0.00222. The number of aromatic nitrogens is 2. The van der Waals surface area contributed by atoms with E-state index in [1.54, 1.807) is 0 Å². The topological polar surface area (TPSA) is 59.4 Å². The van der Waals surface area contributed by atoms with Gasteiger partial charge in [0.2, 0.25) is 0 Å². The van der Waals surface area contributed by atoms with Crippen molar-refractivity contribution in [3.05, 3.63) is 47.8 Å². The van der Waals surface area contributed by atoms with Crippen LogP contribution in [0.4, 0.5) is 10.5 Å². The molecule has 3 saturated heterocycles. The Morgan fingerprint density at radius 3 is 2.71 bits per heavy atom. The smallest absolute Gasteiger partial charge is 0.411 e. The van der Waals surface area contributed by atoms with E-state index in [4.69, 9.17) is 9.84 Å². The first-order valence-corrected chi connectivity index (χ1v) is 11.9. The summed E-state index contributed by atoms with van der Waals surface area (Å²) in [5, 5.41) is 7.74. The molecule has 6 nitrogen and oxygen atoms in total. The molecule has 1 N–H and O–H groups in total. The van der Waals surface area contributed by atoms with Crippen molar-refractivity contribution < 1.29 is 9.53 Å². The molecular formula is C25H34N4O2. The van der Waals surface area contributed by atoms with Gasteiger partial charge in [-0.1, -0.05) is 37.5 Å². The molecule has 6 rings (SSSR count). The van der Waals surface area contributed by atoms with Crippen molar-refractivity contribution >= 4 is 11.8 Å². The molecule has 1 unspecified atom stereocenters. The summed E-state index contributed by atoms with van der Waals surface area (Å²) in [7, 11) is 2.12. The maximum Gasteiger partial charge on any atom is 0.411 e. The quantitative estimate of drug-likeness (QED) is 0.745. The van der Waals surface area contributed by atoms with Gasteiger partial charge in [-0.2, -0.15) is 5.10 Å². The monoisotopic (exact) mass is 422 g/mol. The number of nitrogens with one attached hydrogen (secondary N) is 1. The molecule has 0 radical (unpaired) electrons. The number of amides is 1. The summed E-state index contributed by atoms with van der Waals surface area (Å²) in [6, 6.07) is 12.2. The average Bonchev–Trinajstić information content (AvgIpc) is 3.21. The first-order valence-electron chi connectivity index (χ1n) is 11.9. The van der Waals surface area contributed by atoms with Crippen molar-refractivity contribution in [2.75, 3.05) is 25.0 Å². The Morgan fingerprint density at radius 1 is 1.16 bits per heavy atom. The van der Waals surface area contributed by atoms with Gasteiger partial charge in [-0.15, -0.1) is 0 Å². The molecule has 1 aromatic carbocycles. The van der Waals surface area contributed by atoms with Crippen molar-refractivity contribution in [1.29, 1.82) is 0 Å². The Morgan fingerprint density at radius 2 is 1.97 bits per heavy atom. The van der Waals surface area contributed by atoms with Crippen LogP contribution in [0.5, 0.6) is 0 Å². The largest absolute Gasteiger partial charge is 0.448 e. The molecule has 1 amide bonds. The van der Waals surface area contributed by atoms with Crippen LogP contribution in [-0.2, 0) is 11.8 Å². The fraction of sp³-hybridized carbons (Fsp3) is 0.600. The number of nitrogens with zero attached hydrogens (tertiary/aromatic N) is 3. The summed E-state index contributed by atoms with van der Waals surface area (Å²) in [6.07, 6.45) is 8.60. The minimum absolute atomic E-state index is 0.322. The molecule has 3 aliphatic heterocycles. The lowest BCUT2D eigenvalue weighted by atomic mass is 9.74. The molecule has 4 aliphatic rings. The minimum Gasteiger partial charge on any atom is -0.448 e. The third-order valence-electron chi connectivity index (χ3n) is 7.64. The van der Waals surface area contributed by atoms with Gasteiger partial charge in [0.1, 0.15) is 6.61 Å². The van der Waals surface area contributed by atoms with Gasteiger partial charge in [0.15, 0.2) is 0 Å². The van der Waals surface area contributed by atoms with Crippen LogP contribution in [-0.4, -0.2) is 46.5 Å². The highest BCUT2D eigenvalue weighted by molar-refractivity contribution is 5.84. The molecule has 0 spiro atoms. The molecule has 1 aliphatic carbocycles. The SMILES string of the molecule is Cn1nc(C2CCCCC2)cc1[C@@H]1CN2CC[C@H]1C[C@@H]2COC(=O)Nc1ccccc1. The van der Waals surface area contributed by atoms with E-state index >= 15 is 0 Å². The number of hydrogen-bond acceptors (Lipinski definition) is 4. The fourth-order valence-corrected chi connectivity index (χ4v) is 5.94. The van der Waals surface area contributed by atoms with Crippen LogP contribution in [0.2, 0.25) is 0 Å². The Labute approximate surface area is 185 Å². The summed E-state index contributed by atoms with van der Waals surface area (Å²) >= 11 is 0. The van der Waals surface area contributed by atoms with Crippen LogP contribution in [0.1, 0.15) is 68.2 Å². The molecule has 166 valence electrons. The predicted octanol–water partition coefficient (Wildman–Crippen LogP) is 4.89. The van der Waals surface area contributed by atoms with E-state index < -0.39 is 0 Å². The maximum atomic E-state index is 12.2. The van der Waals surface area contributed by atoms with Crippen LogP contribution in [0.25, 0.3) is 0 Å². The van der Waals surface area contributed by atoms with Crippen molar-refractivity contribution in [3.8, 4) is 0 Å². The number of anilines is 1. The molecule has 4 fully saturated rings. The Hall–Kier alpha value is -2.34. The van der Waals surface area contributed by atoms with Crippen molar-refractivity contribution in [2.24, 2.45) is 13.0 Å². The van der Waals surface area contributed by atoms with E-state index in [9.17, 15) is 4.79 Å². The van der Waals surface area contributed by atoms with Gasteiger partial charge >= 0.3 is 6.09 Å². The van der Waals surface area contributed by atoms with Crippen LogP contribution < -0.4 is 5.32 Å². The van der Waals surface area contributed by atoms with Gasteiger partial charge in [0.25, 0.3) is 0 Å². The number of para-hydroxylation sites is 1. The molecule has 2 bridgehead atoms. The van der Waals surface area contributed by atoms with Crippen LogP contribution >= 0.6 is 0 Å². The number of carbonyl (C=O) groups is 1. The highest BCUT2D eigenvalue weighted by atomic mass is 16.5. The highest BCUT2D eigenvalue weighted by Crippen LogP contribution is 2.43. The first-order chi connectivity index (χ1) is 15.2. The predicted molar refractivity (Wildman–Crippen MR) is 121 cm³/mol. The highest BCUT2D eigenvalue weighted by Gasteiger charge is 2.42. The molecule has 2 aromatic rings. The lowest BCUT2D eigenvalue weighted by Gasteiger charge is -2.49. The number of aryl methyl sites for hydroxylation is 1. The van der Waals surface area contributed by atoms with E-state index in [0.29, 0.717) is 30.4 Å².